The number of rotatable bonds is 4. The number of nitrogens with zero attached hydrogens (tertiary/aromatic N) is 1. The molecular formula is C14H14BrFN2O. The summed E-state index contributed by atoms with van der Waals surface area (Å²) in [6.07, 6.45) is 2.28. The molecule has 5 heteroatoms. The first-order valence-electron chi connectivity index (χ1n) is 5.86. The highest BCUT2D eigenvalue weighted by molar-refractivity contribution is 9.10. The molecule has 2 atom stereocenters. The minimum atomic E-state index is -0.998. The molecule has 2 unspecified atom stereocenters. The van der Waals surface area contributed by atoms with Crippen molar-refractivity contribution < 1.29 is 9.50 Å². The molecule has 100 valence electrons. The molecule has 0 spiro atoms. The van der Waals surface area contributed by atoms with E-state index >= 15 is 0 Å². The van der Waals surface area contributed by atoms with Crippen LogP contribution in [-0.4, -0.2) is 16.6 Å². The van der Waals surface area contributed by atoms with Crippen LogP contribution in [0.1, 0.15) is 23.1 Å². The van der Waals surface area contributed by atoms with Gasteiger partial charge in [0.2, 0.25) is 0 Å². The predicted molar refractivity (Wildman–Crippen MR) is 75.1 cm³/mol. The third-order valence-electron chi connectivity index (χ3n) is 3.03. The molecule has 3 nitrogen and oxygen atoms in total. The lowest BCUT2D eigenvalue weighted by Gasteiger charge is -2.22. The lowest BCUT2D eigenvalue weighted by molar-refractivity contribution is 0.143. The van der Waals surface area contributed by atoms with Gasteiger partial charge in [-0.1, -0.05) is 28.1 Å². The summed E-state index contributed by atoms with van der Waals surface area (Å²) in [7, 11) is 0. The van der Waals surface area contributed by atoms with E-state index in [0.717, 1.165) is 5.56 Å². The lowest BCUT2D eigenvalue weighted by atomic mass is 9.90. The second-order valence-corrected chi connectivity index (χ2v) is 5.15. The van der Waals surface area contributed by atoms with Crippen molar-refractivity contribution in [1.82, 2.24) is 4.98 Å². The molecule has 0 aliphatic heterocycles. The molecule has 0 aliphatic rings. The van der Waals surface area contributed by atoms with Crippen LogP contribution in [0.5, 0.6) is 0 Å². The van der Waals surface area contributed by atoms with Crippen LogP contribution in [0.2, 0.25) is 0 Å². The summed E-state index contributed by atoms with van der Waals surface area (Å²) >= 11 is 3.19. The fourth-order valence-corrected chi connectivity index (χ4v) is 2.33. The maximum atomic E-state index is 13.9. The maximum Gasteiger partial charge on any atom is 0.130 e. The van der Waals surface area contributed by atoms with E-state index in [2.05, 4.69) is 20.9 Å². The Morgan fingerprint density at radius 2 is 2.16 bits per heavy atom. The van der Waals surface area contributed by atoms with E-state index in [4.69, 9.17) is 5.73 Å². The quantitative estimate of drug-likeness (QED) is 0.909. The molecule has 2 rings (SSSR count). The van der Waals surface area contributed by atoms with Crippen LogP contribution >= 0.6 is 15.9 Å². The van der Waals surface area contributed by atoms with Gasteiger partial charge in [0.25, 0.3) is 0 Å². The van der Waals surface area contributed by atoms with Crippen molar-refractivity contribution in [3.8, 4) is 0 Å². The van der Waals surface area contributed by atoms with E-state index in [1.165, 1.54) is 6.07 Å². The molecule has 0 saturated heterocycles. The Labute approximate surface area is 119 Å². The maximum absolute atomic E-state index is 13.9. The van der Waals surface area contributed by atoms with Crippen molar-refractivity contribution >= 4 is 15.9 Å². The van der Waals surface area contributed by atoms with Crippen LogP contribution in [0.4, 0.5) is 4.39 Å². The summed E-state index contributed by atoms with van der Waals surface area (Å²) in [5, 5.41) is 10.3. The zero-order valence-corrected chi connectivity index (χ0v) is 11.7. The Hall–Kier alpha value is -1.30. The Bertz CT molecular complexity index is 550. The standard InChI is InChI=1S/C14H14BrFN2O/c15-10-3-4-11(13(16)6-10)14(19)12(7-17)9-2-1-5-18-8-9/h1-6,8,12,14,19H,7,17H2. The SMILES string of the molecule is NCC(c1cccnc1)C(O)c1ccc(Br)cc1F. The number of aliphatic hydroxyl groups is 1. The van der Waals surface area contributed by atoms with Crippen LogP contribution in [0, 0.1) is 5.82 Å². The first kappa shape index (κ1) is 14.1. The summed E-state index contributed by atoms with van der Waals surface area (Å²) in [6, 6.07) is 8.17. The fourth-order valence-electron chi connectivity index (χ4n) is 2.00. The molecule has 0 radical (unpaired) electrons. The van der Waals surface area contributed by atoms with Crippen LogP contribution in [0.3, 0.4) is 0 Å². The van der Waals surface area contributed by atoms with Gasteiger partial charge in [0.05, 0.1) is 6.10 Å². The molecule has 0 aliphatic carbocycles. The molecular weight excluding hydrogens is 311 g/mol. The Morgan fingerprint density at radius 3 is 2.74 bits per heavy atom. The highest BCUT2D eigenvalue weighted by Crippen LogP contribution is 2.32. The molecule has 1 aromatic heterocycles. The lowest BCUT2D eigenvalue weighted by Crippen LogP contribution is -2.21. The van der Waals surface area contributed by atoms with Gasteiger partial charge in [-0.3, -0.25) is 4.98 Å². The minimum Gasteiger partial charge on any atom is -0.388 e. The summed E-state index contributed by atoms with van der Waals surface area (Å²) in [5.41, 5.74) is 6.73. The van der Waals surface area contributed by atoms with Crippen molar-refractivity contribution in [1.29, 1.82) is 0 Å². The smallest absolute Gasteiger partial charge is 0.130 e. The fraction of sp³-hybridized carbons (Fsp3) is 0.214. The molecule has 0 saturated carbocycles. The number of aromatic nitrogens is 1. The van der Waals surface area contributed by atoms with E-state index in [9.17, 15) is 9.50 Å². The van der Waals surface area contributed by atoms with Crippen LogP contribution < -0.4 is 5.73 Å². The second-order valence-electron chi connectivity index (χ2n) is 4.24. The van der Waals surface area contributed by atoms with Gasteiger partial charge in [-0.25, -0.2) is 4.39 Å². The van der Waals surface area contributed by atoms with Crippen molar-refractivity contribution in [2.45, 2.75) is 12.0 Å². The van der Waals surface area contributed by atoms with Crippen LogP contribution in [0.25, 0.3) is 0 Å². The number of nitrogens with two attached hydrogens (primary N) is 1. The monoisotopic (exact) mass is 324 g/mol. The van der Waals surface area contributed by atoms with Gasteiger partial charge in [0.15, 0.2) is 0 Å². The number of pyridine rings is 1. The van der Waals surface area contributed by atoms with Gasteiger partial charge < -0.3 is 10.8 Å². The van der Waals surface area contributed by atoms with Crippen molar-refractivity contribution in [2.75, 3.05) is 6.54 Å². The molecule has 1 heterocycles. The van der Waals surface area contributed by atoms with Gasteiger partial charge in [-0.05, 0) is 23.8 Å². The molecule has 0 amide bonds. The number of halogens is 2. The van der Waals surface area contributed by atoms with Gasteiger partial charge in [0, 0.05) is 34.9 Å². The van der Waals surface area contributed by atoms with Crippen LogP contribution in [0.15, 0.2) is 47.2 Å². The minimum absolute atomic E-state index is 0.211. The van der Waals surface area contributed by atoms with E-state index in [1.54, 1.807) is 30.6 Å². The number of benzene rings is 1. The summed E-state index contributed by atoms with van der Waals surface area (Å²) in [4.78, 5) is 4.00. The normalized spacial score (nSPS) is 14.1. The van der Waals surface area contributed by atoms with Crippen molar-refractivity contribution in [2.24, 2.45) is 5.73 Å². The Balaban J connectivity index is 2.33. The average molecular weight is 325 g/mol. The highest BCUT2D eigenvalue weighted by atomic mass is 79.9. The average Bonchev–Trinajstić information content (AvgIpc) is 2.40. The van der Waals surface area contributed by atoms with Crippen molar-refractivity contribution in [3.05, 3.63) is 64.1 Å². The predicted octanol–water partition coefficient (Wildman–Crippen LogP) is 2.76. The van der Waals surface area contributed by atoms with Gasteiger partial charge in [-0.15, -0.1) is 0 Å². The van der Waals surface area contributed by atoms with E-state index in [0.29, 0.717) is 4.47 Å². The van der Waals surface area contributed by atoms with Crippen molar-refractivity contribution in [3.63, 3.8) is 0 Å². The highest BCUT2D eigenvalue weighted by Gasteiger charge is 2.24. The molecule has 1 aromatic carbocycles. The Kier molecular flexibility index (Phi) is 4.63. The molecule has 0 bridgehead atoms. The molecule has 3 N–H and O–H groups in total. The first-order chi connectivity index (χ1) is 9.13. The number of aliphatic hydroxyl groups excluding tert-OH is 1. The number of hydrogen-bond acceptors (Lipinski definition) is 3. The zero-order valence-electron chi connectivity index (χ0n) is 10.1. The number of hydrogen-bond donors (Lipinski definition) is 2. The zero-order chi connectivity index (χ0) is 13.8. The molecule has 19 heavy (non-hydrogen) atoms. The largest absolute Gasteiger partial charge is 0.388 e. The summed E-state index contributed by atoms with van der Waals surface area (Å²) < 4.78 is 14.5. The van der Waals surface area contributed by atoms with Gasteiger partial charge >= 0.3 is 0 Å². The Morgan fingerprint density at radius 1 is 1.37 bits per heavy atom. The van der Waals surface area contributed by atoms with Crippen LogP contribution in [-0.2, 0) is 0 Å². The van der Waals surface area contributed by atoms with Gasteiger partial charge in [0.1, 0.15) is 5.82 Å². The van der Waals surface area contributed by atoms with E-state index in [-0.39, 0.29) is 18.0 Å². The summed E-state index contributed by atoms with van der Waals surface area (Å²) in [6.45, 7) is 0.211. The molecule has 2 aromatic rings. The second kappa shape index (κ2) is 6.23. The summed E-state index contributed by atoms with van der Waals surface area (Å²) in [5.74, 6) is -0.839. The third-order valence-corrected chi connectivity index (χ3v) is 3.52. The van der Waals surface area contributed by atoms with E-state index in [1.807, 2.05) is 6.07 Å². The third kappa shape index (κ3) is 3.18. The molecule has 0 fully saturated rings. The topological polar surface area (TPSA) is 59.1 Å². The van der Waals surface area contributed by atoms with Gasteiger partial charge in [-0.2, -0.15) is 0 Å². The van der Waals surface area contributed by atoms with E-state index < -0.39 is 11.9 Å². The first-order valence-corrected chi connectivity index (χ1v) is 6.65.